The third kappa shape index (κ3) is 10.4. The lowest BCUT2D eigenvalue weighted by Gasteiger charge is -2.39. The number of ether oxygens (including phenoxy) is 2. The second kappa shape index (κ2) is 21.0. The minimum Gasteiger partial charge on any atom is -0.496 e. The number of rotatable bonds is 15. The van der Waals surface area contributed by atoms with Crippen molar-refractivity contribution >= 4 is 75.3 Å². The highest BCUT2D eigenvalue weighted by Gasteiger charge is 2.56. The van der Waals surface area contributed by atoms with Gasteiger partial charge in [0.1, 0.15) is 34.5 Å². The number of aromatic nitrogens is 4. The highest BCUT2D eigenvalue weighted by molar-refractivity contribution is 6.24. The number of hydrogen-bond acceptors (Lipinski definition) is 16. The van der Waals surface area contributed by atoms with E-state index >= 15 is 0 Å². The summed E-state index contributed by atoms with van der Waals surface area (Å²) < 4.78 is 25.3. The molecule has 6 aromatic rings. The molecule has 21 nitrogen and oxygen atoms in total. The Hall–Kier alpha value is -8.92. The molecule has 0 bridgehead atoms. The first-order valence-corrected chi connectivity index (χ1v) is 25.5. The number of piperidine rings is 2. The molecular formula is C55H53FN12O9. The number of benzene rings is 4. The zero-order chi connectivity index (χ0) is 53.4. The molecule has 11 rings (SSSR count). The molecule has 0 radical (unpaired) electrons. The summed E-state index contributed by atoms with van der Waals surface area (Å²) in [7, 11) is 1.53. The van der Waals surface area contributed by atoms with Crippen LogP contribution in [0.15, 0.2) is 97.3 Å². The van der Waals surface area contributed by atoms with E-state index in [1.807, 2.05) is 12.1 Å². The summed E-state index contributed by atoms with van der Waals surface area (Å²) in [5.41, 5.74) is 2.39. The van der Waals surface area contributed by atoms with Crippen LogP contribution in [-0.2, 0) is 25.7 Å². The summed E-state index contributed by atoms with van der Waals surface area (Å²) in [6.07, 6.45) is 5.88. The minimum atomic E-state index is -1.20. The van der Waals surface area contributed by atoms with Crippen molar-refractivity contribution in [2.24, 2.45) is 11.3 Å². The maximum atomic E-state index is 13.4. The first-order chi connectivity index (χ1) is 37.3. The van der Waals surface area contributed by atoms with Crippen molar-refractivity contribution < 1.29 is 47.4 Å². The largest absolute Gasteiger partial charge is 0.496 e. The number of hydrogen-bond donors (Lipinski definition) is 4. The number of carbonyl (C=O) groups is 7. The number of anilines is 4. The van der Waals surface area contributed by atoms with E-state index in [4.69, 9.17) is 9.47 Å². The summed E-state index contributed by atoms with van der Waals surface area (Å²) in [6.45, 7) is 5.70. The number of nitrogens with one attached hydrogen (secondary N) is 4. The second-order valence-electron chi connectivity index (χ2n) is 19.8. The molecule has 0 spiro atoms. The number of piperazine rings is 1. The van der Waals surface area contributed by atoms with Gasteiger partial charge in [0.25, 0.3) is 17.7 Å². The molecule has 77 heavy (non-hydrogen) atoms. The molecule has 1 aliphatic carbocycles. The van der Waals surface area contributed by atoms with Crippen LogP contribution in [0.3, 0.4) is 0 Å². The smallest absolute Gasteiger partial charge is 0.273 e. The number of methoxy groups -OCH3 is 1. The normalized spacial score (nSPS) is 18.4. The first-order valence-electron chi connectivity index (χ1n) is 25.5. The summed E-state index contributed by atoms with van der Waals surface area (Å²) in [6, 6.07) is 21.7. The van der Waals surface area contributed by atoms with E-state index in [0.29, 0.717) is 69.8 Å². The highest BCUT2D eigenvalue weighted by atomic mass is 19.1. The van der Waals surface area contributed by atoms with E-state index < -0.39 is 58.6 Å². The Morgan fingerprint density at radius 1 is 0.753 bits per heavy atom. The van der Waals surface area contributed by atoms with Gasteiger partial charge in [-0.05, 0) is 123 Å². The molecule has 1 unspecified atom stereocenters. The van der Waals surface area contributed by atoms with Crippen molar-refractivity contribution in [1.29, 1.82) is 0 Å². The Balaban J connectivity index is 0.630. The van der Waals surface area contributed by atoms with Crippen LogP contribution in [0.1, 0.15) is 75.3 Å². The molecule has 1 saturated carbocycles. The first kappa shape index (κ1) is 50.2. The Labute approximate surface area is 440 Å². The number of imide groups is 2. The Kier molecular flexibility index (Phi) is 13.7. The van der Waals surface area contributed by atoms with Crippen LogP contribution < -0.4 is 40.5 Å². The fraction of sp³-hybridized carbons (Fsp3) is 0.327. The molecule has 4 aromatic carbocycles. The third-order valence-electron chi connectivity index (χ3n) is 15.0. The van der Waals surface area contributed by atoms with Crippen LogP contribution in [0.25, 0.3) is 10.9 Å². The van der Waals surface area contributed by atoms with Crippen molar-refractivity contribution in [2.75, 3.05) is 73.4 Å². The third-order valence-corrected chi connectivity index (χ3v) is 15.0. The van der Waals surface area contributed by atoms with E-state index in [0.717, 1.165) is 69.2 Å². The highest BCUT2D eigenvalue weighted by Crippen LogP contribution is 2.48. The quantitative estimate of drug-likeness (QED) is 0.0773. The van der Waals surface area contributed by atoms with Gasteiger partial charge in [0.05, 0.1) is 30.0 Å². The molecule has 4 N–H and O–H groups in total. The molecule has 4 aliphatic heterocycles. The van der Waals surface area contributed by atoms with Gasteiger partial charge >= 0.3 is 0 Å². The van der Waals surface area contributed by atoms with Crippen molar-refractivity contribution in [1.82, 2.24) is 40.6 Å². The second-order valence-corrected chi connectivity index (χ2v) is 19.8. The summed E-state index contributed by atoms with van der Waals surface area (Å²) >= 11 is 0. The predicted molar refractivity (Wildman–Crippen MR) is 278 cm³/mol. The predicted octanol–water partition coefficient (Wildman–Crippen LogP) is 5.09. The molecule has 22 heteroatoms. The number of halogens is 1. The SMILES string of the molecule is COc1cc2c(Oc3ccc(NC(=O)C4(C(=O)Nc5ccc(F)cc5)CC4)cc3)ccnc2cc1CNC(=O)c1cnc(N2CCC(CN3CCN(c4ccc5c(c4)C(=O)N(C4CCC(=O)NC4=O)C5=O)CC3)CC2)nn1. The molecule has 5 aliphatic rings. The van der Waals surface area contributed by atoms with E-state index in [-0.39, 0.29) is 36.2 Å². The van der Waals surface area contributed by atoms with Crippen LogP contribution in [0, 0.1) is 17.2 Å². The van der Waals surface area contributed by atoms with Crippen LogP contribution >= 0.6 is 0 Å². The van der Waals surface area contributed by atoms with Crippen LogP contribution in [-0.4, -0.2) is 130 Å². The average Bonchev–Trinajstić information content (AvgIpc) is 4.34. The number of nitrogens with zero attached hydrogens (tertiary/aromatic N) is 8. The number of pyridine rings is 1. The standard InChI is InChI=1S/C55H53FN12O9/c1-76-46-28-41-42(57-19-14-45(41)77-38-9-6-36(7-10-38)61-53(75)55(17-18-55)52(74)60-35-4-2-34(56)3-5-35)26-33(46)29-58-48(70)43-30-59-54(64-63-43)67-20-15-32(16-21-67)31-65-22-24-66(25-23-65)37-8-11-39-40(27-37)51(73)68(50(39)72)44-12-13-47(69)62-49(44)71/h2-11,14,19,26-28,30,32,44H,12-13,15-18,20-25,29,31H2,1H3,(H,58,70)(H,60,74)(H,61,75)(H,62,69,71). The fourth-order valence-corrected chi connectivity index (χ4v) is 10.4. The van der Waals surface area contributed by atoms with E-state index in [1.165, 1.54) is 37.6 Å². The van der Waals surface area contributed by atoms with Gasteiger partial charge in [-0.2, -0.15) is 0 Å². The van der Waals surface area contributed by atoms with Gasteiger partial charge in [0, 0.05) is 93.0 Å². The van der Waals surface area contributed by atoms with Gasteiger partial charge in [0.2, 0.25) is 29.6 Å². The fourth-order valence-electron chi connectivity index (χ4n) is 10.4. The molecule has 7 amide bonds. The molecule has 4 fully saturated rings. The van der Waals surface area contributed by atoms with Crippen LogP contribution in [0.2, 0.25) is 0 Å². The van der Waals surface area contributed by atoms with Gasteiger partial charge in [0.15, 0.2) is 5.69 Å². The van der Waals surface area contributed by atoms with Gasteiger partial charge in [-0.15, -0.1) is 10.2 Å². The zero-order valence-corrected chi connectivity index (χ0v) is 41.9. The Bertz CT molecular complexity index is 3320. The number of fused-ring (bicyclic) bond motifs is 2. The summed E-state index contributed by atoms with van der Waals surface area (Å²) in [4.78, 5) is 107. The average molecular weight is 1050 g/mol. The van der Waals surface area contributed by atoms with E-state index in [9.17, 15) is 38.0 Å². The van der Waals surface area contributed by atoms with E-state index in [1.54, 1.807) is 54.7 Å². The molecule has 3 saturated heterocycles. The molecule has 1 atom stereocenters. The molecule has 6 heterocycles. The number of carbonyl (C=O) groups excluding carboxylic acids is 7. The van der Waals surface area contributed by atoms with Gasteiger partial charge in [-0.25, -0.2) is 9.37 Å². The number of amides is 7. The van der Waals surface area contributed by atoms with Crippen LogP contribution in [0.5, 0.6) is 17.2 Å². The lowest BCUT2D eigenvalue weighted by Crippen LogP contribution is -2.54. The van der Waals surface area contributed by atoms with Gasteiger partial charge in [-0.3, -0.25) is 53.7 Å². The maximum absolute atomic E-state index is 13.4. The summed E-state index contributed by atoms with van der Waals surface area (Å²) in [5.74, 6) is -1.43. The molecular weight excluding hydrogens is 992 g/mol. The minimum absolute atomic E-state index is 0.0653. The Morgan fingerprint density at radius 2 is 1.45 bits per heavy atom. The lowest BCUT2D eigenvalue weighted by atomic mass is 9.96. The van der Waals surface area contributed by atoms with Crippen LogP contribution in [0.4, 0.5) is 27.4 Å². The van der Waals surface area contributed by atoms with Gasteiger partial charge < -0.3 is 35.2 Å². The van der Waals surface area contributed by atoms with Crippen molar-refractivity contribution in [3.05, 3.63) is 126 Å². The zero-order valence-electron chi connectivity index (χ0n) is 41.9. The monoisotopic (exact) mass is 1040 g/mol. The summed E-state index contributed by atoms with van der Waals surface area (Å²) in [5, 5.41) is 19.9. The van der Waals surface area contributed by atoms with Gasteiger partial charge in [-0.1, -0.05) is 0 Å². The Morgan fingerprint density at radius 3 is 2.12 bits per heavy atom. The van der Waals surface area contributed by atoms with Crippen molar-refractivity contribution in [3.8, 4) is 17.2 Å². The van der Waals surface area contributed by atoms with Crippen molar-refractivity contribution in [2.45, 2.75) is 51.1 Å². The van der Waals surface area contributed by atoms with E-state index in [2.05, 4.69) is 56.1 Å². The molecule has 2 aromatic heterocycles. The van der Waals surface area contributed by atoms with Crippen molar-refractivity contribution in [3.63, 3.8) is 0 Å². The topological polar surface area (TPSA) is 251 Å². The lowest BCUT2D eigenvalue weighted by molar-refractivity contribution is -0.136. The molecule has 394 valence electrons. The maximum Gasteiger partial charge on any atom is 0.273 e.